The topological polar surface area (TPSA) is 40.5 Å². The monoisotopic (exact) mass is 430 g/mol. The fourth-order valence-electron chi connectivity index (χ4n) is 10.9. The Hall–Kier alpha value is -0.0800. The van der Waals surface area contributed by atoms with E-state index in [-0.39, 0.29) is 12.2 Å². The molecule has 5 aliphatic carbocycles. The van der Waals surface area contributed by atoms with Crippen LogP contribution in [-0.4, -0.2) is 22.4 Å². The summed E-state index contributed by atoms with van der Waals surface area (Å²) in [6, 6.07) is 0. The predicted octanol–water partition coefficient (Wildman–Crippen LogP) is 6.83. The summed E-state index contributed by atoms with van der Waals surface area (Å²) in [5.41, 5.74) is 2.17. The van der Waals surface area contributed by atoms with Gasteiger partial charge in [-0.05, 0) is 128 Å². The van der Waals surface area contributed by atoms with Crippen molar-refractivity contribution in [2.75, 3.05) is 0 Å². The standard InChI is InChI=1S/C29H50O2/c1-18(2)23(30)9-7-19(3)21-11-13-27(6)25-10-8-22-20(4)24(31)12-14-28(22)17-29(25,28)16-15-26(21,27)5/h18-25,30-31H,7-17H2,1-6H3/t19-,20+,21-,22+,23-,24+,25+,26-,27+,28-,29+/m1/s1. The van der Waals surface area contributed by atoms with Gasteiger partial charge in [-0.2, -0.15) is 0 Å². The summed E-state index contributed by atoms with van der Waals surface area (Å²) in [6.45, 7) is 14.5. The van der Waals surface area contributed by atoms with E-state index in [4.69, 9.17) is 0 Å². The van der Waals surface area contributed by atoms with Gasteiger partial charge < -0.3 is 10.2 Å². The zero-order valence-electron chi connectivity index (χ0n) is 21.3. The van der Waals surface area contributed by atoms with Crippen molar-refractivity contribution in [1.29, 1.82) is 0 Å². The second kappa shape index (κ2) is 7.21. The van der Waals surface area contributed by atoms with Crippen LogP contribution >= 0.6 is 0 Å². The summed E-state index contributed by atoms with van der Waals surface area (Å²) >= 11 is 0. The van der Waals surface area contributed by atoms with Crippen LogP contribution in [0.5, 0.6) is 0 Å². The van der Waals surface area contributed by atoms with Crippen LogP contribution in [0, 0.1) is 57.2 Å². The Bertz CT molecular complexity index is 703. The maximum absolute atomic E-state index is 10.6. The molecule has 0 aromatic carbocycles. The van der Waals surface area contributed by atoms with Gasteiger partial charge in [-0.3, -0.25) is 0 Å². The van der Waals surface area contributed by atoms with E-state index in [9.17, 15) is 10.2 Å². The molecule has 5 aliphatic rings. The highest BCUT2D eigenvalue weighted by molar-refractivity contribution is 5.29. The van der Waals surface area contributed by atoms with Crippen LogP contribution in [0.3, 0.4) is 0 Å². The third kappa shape index (κ3) is 2.82. The van der Waals surface area contributed by atoms with Gasteiger partial charge in [0.15, 0.2) is 0 Å². The highest BCUT2D eigenvalue weighted by Gasteiger charge is 2.81. The minimum Gasteiger partial charge on any atom is -0.393 e. The highest BCUT2D eigenvalue weighted by atomic mass is 16.3. The minimum atomic E-state index is -0.136. The molecule has 31 heavy (non-hydrogen) atoms. The molecule has 2 heteroatoms. The Morgan fingerprint density at radius 1 is 0.839 bits per heavy atom. The molecule has 0 heterocycles. The number of rotatable bonds is 5. The van der Waals surface area contributed by atoms with Crippen LogP contribution in [0.25, 0.3) is 0 Å². The fraction of sp³-hybridized carbons (Fsp3) is 1.00. The number of hydrogen-bond acceptors (Lipinski definition) is 2. The molecule has 2 nitrogen and oxygen atoms in total. The van der Waals surface area contributed by atoms with Crippen molar-refractivity contribution in [3.63, 3.8) is 0 Å². The van der Waals surface area contributed by atoms with Gasteiger partial charge in [-0.15, -0.1) is 0 Å². The molecule has 5 saturated carbocycles. The van der Waals surface area contributed by atoms with Gasteiger partial charge >= 0.3 is 0 Å². The van der Waals surface area contributed by atoms with Crippen molar-refractivity contribution in [3.8, 4) is 0 Å². The van der Waals surface area contributed by atoms with Crippen LogP contribution in [0.1, 0.15) is 112 Å². The van der Waals surface area contributed by atoms with Crippen LogP contribution < -0.4 is 0 Å². The van der Waals surface area contributed by atoms with Gasteiger partial charge in [0.1, 0.15) is 0 Å². The van der Waals surface area contributed by atoms with Crippen molar-refractivity contribution < 1.29 is 10.2 Å². The normalized spacial score (nSPS) is 55.1. The van der Waals surface area contributed by atoms with Gasteiger partial charge in [0.05, 0.1) is 12.2 Å². The summed E-state index contributed by atoms with van der Waals surface area (Å²) in [5, 5.41) is 21.0. The number of hydrogen-bond donors (Lipinski definition) is 2. The lowest BCUT2D eigenvalue weighted by molar-refractivity contribution is -0.143. The second-order valence-electron chi connectivity index (χ2n) is 14.0. The van der Waals surface area contributed by atoms with E-state index in [1.807, 2.05) is 0 Å². The average molecular weight is 431 g/mol. The lowest BCUT2D eigenvalue weighted by Crippen LogP contribution is -2.56. The van der Waals surface area contributed by atoms with E-state index >= 15 is 0 Å². The first-order valence-corrected chi connectivity index (χ1v) is 13.9. The molecule has 0 unspecified atom stereocenters. The second-order valence-corrected chi connectivity index (χ2v) is 14.0. The summed E-state index contributed by atoms with van der Waals surface area (Å²) in [6.07, 6.45) is 14.3. The number of aliphatic hydroxyl groups is 2. The molecule has 0 aromatic rings. The van der Waals surface area contributed by atoms with Crippen LogP contribution in [0.2, 0.25) is 0 Å². The summed E-state index contributed by atoms with van der Waals surface area (Å²) in [4.78, 5) is 0. The van der Waals surface area contributed by atoms with E-state index in [0.717, 1.165) is 36.5 Å². The fourth-order valence-corrected chi connectivity index (χ4v) is 10.9. The molecule has 0 radical (unpaired) electrons. The number of fused-ring (bicyclic) bond motifs is 2. The molecular formula is C29H50O2. The van der Waals surface area contributed by atoms with Crippen LogP contribution in [0.4, 0.5) is 0 Å². The Kier molecular flexibility index (Phi) is 5.28. The Morgan fingerprint density at radius 3 is 2.29 bits per heavy atom. The molecule has 0 aliphatic heterocycles. The van der Waals surface area contributed by atoms with Crippen LogP contribution in [0.15, 0.2) is 0 Å². The third-order valence-corrected chi connectivity index (χ3v) is 13.1. The molecule has 0 amide bonds. The van der Waals surface area contributed by atoms with Gasteiger partial charge in [-0.25, -0.2) is 0 Å². The molecule has 2 N–H and O–H groups in total. The molecule has 0 aromatic heterocycles. The Balaban J connectivity index is 1.37. The lowest BCUT2D eigenvalue weighted by Gasteiger charge is -2.62. The van der Waals surface area contributed by atoms with Gasteiger partial charge in [-0.1, -0.05) is 41.5 Å². The number of aliphatic hydroxyl groups excluding tert-OH is 2. The molecule has 0 saturated heterocycles. The third-order valence-electron chi connectivity index (χ3n) is 13.1. The average Bonchev–Trinajstić information content (AvgIpc) is 3.31. The van der Waals surface area contributed by atoms with Crippen molar-refractivity contribution in [3.05, 3.63) is 0 Å². The summed E-state index contributed by atoms with van der Waals surface area (Å²) in [7, 11) is 0. The Morgan fingerprint density at radius 2 is 1.58 bits per heavy atom. The van der Waals surface area contributed by atoms with Crippen LogP contribution in [-0.2, 0) is 0 Å². The van der Waals surface area contributed by atoms with Crippen molar-refractivity contribution in [1.82, 2.24) is 0 Å². The van der Waals surface area contributed by atoms with E-state index in [2.05, 4.69) is 41.5 Å². The SMILES string of the molecule is CC(C)[C@H](O)CC[C@@H](C)[C@H]1CC[C@@]2(C)[C@@H]3CC[C@H]4[C@H](C)[C@@H](O)CC[C@@]45C[C@@]35CC[C@]12C. The molecule has 178 valence electrons. The van der Waals surface area contributed by atoms with E-state index < -0.39 is 0 Å². The zero-order chi connectivity index (χ0) is 22.4. The molecule has 11 atom stereocenters. The maximum atomic E-state index is 10.6. The molecule has 0 bridgehead atoms. The van der Waals surface area contributed by atoms with E-state index in [0.29, 0.717) is 33.5 Å². The summed E-state index contributed by atoms with van der Waals surface area (Å²) in [5.74, 6) is 4.14. The first kappa shape index (κ1) is 22.7. The van der Waals surface area contributed by atoms with Crippen molar-refractivity contribution in [2.45, 2.75) is 124 Å². The largest absolute Gasteiger partial charge is 0.393 e. The van der Waals surface area contributed by atoms with Crippen molar-refractivity contribution in [2.24, 2.45) is 57.2 Å². The molecule has 5 rings (SSSR count). The molecule has 2 spiro atoms. The first-order chi connectivity index (χ1) is 14.5. The smallest absolute Gasteiger partial charge is 0.0568 e. The Labute approximate surface area is 192 Å². The molecular weight excluding hydrogens is 380 g/mol. The van der Waals surface area contributed by atoms with E-state index in [1.165, 1.54) is 57.8 Å². The van der Waals surface area contributed by atoms with E-state index in [1.54, 1.807) is 0 Å². The first-order valence-electron chi connectivity index (χ1n) is 13.9. The van der Waals surface area contributed by atoms with Crippen molar-refractivity contribution >= 4 is 0 Å². The van der Waals surface area contributed by atoms with Gasteiger partial charge in [0.2, 0.25) is 0 Å². The molecule has 5 fully saturated rings. The quantitative estimate of drug-likeness (QED) is 0.502. The summed E-state index contributed by atoms with van der Waals surface area (Å²) < 4.78 is 0. The minimum absolute atomic E-state index is 0.0489. The maximum Gasteiger partial charge on any atom is 0.0568 e. The predicted molar refractivity (Wildman–Crippen MR) is 128 cm³/mol. The van der Waals surface area contributed by atoms with Gasteiger partial charge in [0.25, 0.3) is 0 Å². The zero-order valence-corrected chi connectivity index (χ0v) is 21.3. The lowest BCUT2D eigenvalue weighted by atomic mass is 9.43. The van der Waals surface area contributed by atoms with Gasteiger partial charge in [0, 0.05) is 0 Å². The highest BCUT2D eigenvalue weighted by Crippen LogP contribution is 2.88.